The molecule has 1 saturated heterocycles. The van der Waals surface area contributed by atoms with Gasteiger partial charge in [0.25, 0.3) is 0 Å². The number of rotatable bonds is 4. The second-order valence-electron chi connectivity index (χ2n) is 4.69. The van der Waals surface area contributed by atoms with Crippen LogP contribution in [0.25, 0.3) is 0 Å². The molecule has 1 aliphatic heterocycles. The van der Waals surface area contributed by atoms with Crippen LogP contribution in [-0.4, -0.2) is 53.8 Å². The summed E-state index contributed by atoms with van der Waals surface area (Å²) in [6.45, 7) is 8.77. The first kappa shape index (κ1) is 12.8. The van der Waals surface area contributed by atoms with Gasteiger partial charge in [-0.2, -0.15) is 0 Å². The van der Waals surface area contributed by atoms with Gasteiger partial charge in [-0.05, 0) is 20.3 Å². The van der Waals surface area contributed by atoms with E-state index in [1.807, 2.05) is 6.92 Å². The number of nitrogens with zero attached hydrogens (tertiary/aromatic N) is 3. The van der Waals surface area contributed by atoms with Crippen molar-refractivity contribution in [2.24, 2.45) is 0 Å². The van der Waals surface area contributed by atoms with E-state index in [-0.39, 0.29) is 0 Å². The third kappa shape index (κ3) is 3.18. The van der Waals surface area contributed by atoms with E-state index in [0.717, 1.165) is 43.4 Å². The Balaban J connectivity index is 1.91. The Bertz CT molecular complexity index is 355. The van der Waals surface area contributed by atoms with E-state index in [4.69, 9.17) is 5.11 Å². The summed E-state index contributed by atoms with van der Waals surface area (Å²) in [5.41, 5.74) is 1.11. The second-order valence-corrected chi connectivity index (χ2v) is 5.53. The predicted molar refractivity (Wildman–Crippen MR) is 71.8 cm³/mol. The zero-order valence-electron chi connectivity index (χ0n) is 10.6. The summed E-state index contributed by atoms with van der Waals surface area (Å²) in [6.07, 6.45) is 0.878. The van der Waals surface area contributed by atoms with E-state index in [1.54, 1.807) is 11.3 Å². The van der Waals surface area contributed by atoms with Crippen molar-refractivity contribution in [2.75, 3.05) is 37.7 Å². The van der Waals surface area contributed by atoms with Crippen LogP contribution in [0.15, 0.2) is 5.38 Å². The zero-order valence-corrected chi connectivity index (χ0v) is 11.4. The van der Waals surface area contributed by atoms with Crippen LogP contribution in [-0.2, 0) is 0 Å². The highest BCUT2D eigenvalue weighted by atomic mass is 32.1. The lowest BCUT2D eigenvalue weighted by molar-refractivity contribution is 0.199. The van der Waals surface area contributed by atoms with Gasteiger partial charge in [0.2, 0.25) is 0 Å². The number of hydrogen-bond acceptors (Lipinski definition) is 5. The maximum Gasteiger partial charge on any atom is 0.185 e. The third-order valence-electron chi connectivity index (χ3n) is 3.20. The minimum atomic E-state index is 0.292. The van der Waals surface area contributed by atoms with Crippen molar-refractivity contribution in [3.63, 3.8) is 0 Å². The Hall–Kier alpha value is -0.650. The monoisotopic (exact) mass is 255 g/mol. The molecule has 1 aromatic heterocycles. The maximum atomic E-state index is 8.85. The highest BCUT2D eigenvalue weighted by molar-refractivity contribution is 7.13. The molecule has 2 heterocycles. The van der Waals surface area contributed by atoms with Crippen molar-refractivity contribution in [3.05, 3.63) is 11.1 Å². The van der Waals surface area contributed by atoms with Crippen molar-refractivity contribution in [1.82, 2.24) is 9.88 Å². The van der Waals surface area contributed by atoms with Crippen LogP contribution in [0.4, 0.5) is 5.13 Å². The number of aliphatic hydroxyl groups is 1. The number of piperazine rings is 1. The summed E-state index contributed by atoms with van der Waals surface area (Å²) in [4.78, 5) is 9.38. The Morgan fingerprint density at radius 3 is 2.94 bits per heavy atom. The molecule has 0 bridgehead atoms. The predicted octanol–water partition coefficient (Wildman–Crippen LogP) is 1.34. The Morgan fingerprint density at radius 1 is 1.53 bits per heavy atom. The lowest BCUT2D eigenvalue weighted by atomic mass is 10.2. The van der Waals surface area contributed by atoms with Crippen LogP contribution in [0.2, 0.25) is 0 Å². The number of aromatic nitrogens is 1. The lowest BCUT2D eigenvalue weighted by Gasteiger charge is -2.39. The van der Waals surface area contributed by atoms with Gasteiger partial charge in [-0.3, -0.25) is 4.90 Å². The molecule has 4 nitrogen and oxygen atoms in total. The molecule has 0 aromatic carbocycles. The average molecular weight is 255 g/mol. The quantitative estimate of drug-likeness (QED) is 0.881. The number of aliphatic hydroxyl groups excluding tert-OH is 1. The molecule has 0 spiro atoms. The number of anilines is 1. The Kier molecular flexibility index (Phi) is 4.36. The standard InChI is InChI=1S/C12H21N3OS/c1-10-9-17-12(13-10)15-6-5-14(4-3-7-16)8-11(15)2/h9,11,16H,3-8H2,1-2H3/t11-/m0/s1. The van der Waals surface area contributed by atoms with Crippen LogP contribution >= 0.6 is 11.3 Å². The van der Waals surface area contributed by atoms with Crippen molar-refractivity contribution < 1.29 is 5.11 Å². The summed E-state index contributed by atoms with van der Waals surface area (Å²) in [6, 6.07) is 0.507. The molecule has 1 aliphatic rings. The molecule has 1 fully saturated rings. The van der Waals surface area contributed by atoms with Crippen LogP contribution in [0.5, 0.6) is 0 Å². The number of aryl methyl sites for hydroxylation is 1. The Labute approximate surface area is 107 Å². The van der Waals surface area contributed by atoms with E-state index in [9.17, 15) is 0 Å². The molecule has 96 valence electrons. The summed E-state index contributed by atoms with van der Waals surface area (Å²) >= 11 is 1.74. The fraction of sp³-hybridized carbons (Fsp3) is 0.750. The largest absolute Gasteiger partial charge is 0.396 e. The Morgan fingerprint density at radius 2 is 2.35 bits per heavy atom. The van der Waals surface area contributed by atoms with Gasteiger partial charge >= 0.3 is 0 Å². The molecule has 0 saturated carbocycles. The van der Waals surface area contributed by atoms with E-state index < -0.39 is 0 Å². The molecular formula is C12H21N3OS. The molecule has 0 radical (unpaired) electrons. The SMILES string of the molecule is Cc1csc(N2CCN(CCCO)C[C@@H]2C)n1. The highest BCUT2D eigenvalue weighted by Crippen LogP contribution is 2.24. The summed E-state index contributed by atoms with van der Waals surface area (Å²) in [5.74, 6) is 0. The maximum absolute atomic E-state index is 8.85. The van der Waals surface area contributed by atoms with Gasteiger partial charge in [0.15, 0.2) is 5.13 Å². The fourth-order valence-electron chi connectivity index (χ4n) is 2.29. The van der Waals surface area contributed by atoms with Crippen LogP contribution in [0.3, 0.4) is 0 Å². The van der Waals surface area contributed by atoms with E-state index in [2.05, 4.69) is 27.1 Å². The zero-order chi connectivity index (χ0) is 12.3. The lowest BCUT2D eigenvalue weighted by Crippen LogP contribution is -2.52. The van der Waals surface area contributed by atoms with Crippen molar-refractivity contribution in [1.29, 1.82) is 0 Å². The fourth-order valence-corrected chi connectivity index (χ4v) is 3.22. The molecule has 0 unspecified atom stereocenters. The van der Waals surface area contributed by atoms with Gasteiger partial charge in [0, 0.05) is 44.2 Å². The molecule has 1 atom stereocenters. The molecule has 5 heteroatoms. The molecule has 2 rings (SSSR count). The van der Waals surface area contributed by atoms with Gasteiger partial charge in [0.1, 0.15) is 0 Å². The molecule has 0 amide bonds. The summed E-state index contributed by atoms with van der Waals surface area (Å²) in [5, 5.41) is 12.1. The normalized spacial score (nSPS) is 22.1. The summed E-state index contributed by atoms with van der Waals surface area (Å²) in [7, 11) is 0. The van der Waals surface area contributed by atoms with Crippen molar-refractivity contribution >= 4 is 16.5 Å². The third-order valence-corrected chi connectivity index (χ3v) is 4.19. The molecule has 17 heavy (non-hydrogen) atoms. The van der Waals surface area contributed by atoms with E-state index in [0.29, 0.717) is 12.6 Å². The van der Waals surface area contributed by atoms with Gasteiger partial charge in [-0.25, -0.2) is 4.98 Å². The van der Waals surface area contributed by atoms with E-state index >= 15 is 0 Å². The van der Waals surface area contributed by atoms with Gasteiger partial charge in [0.05, 0.1) is 5.69 Å². The van der Waals surface area contributed by atoms with Gasteiger partial charge in [-0.15, -0.1) is 11.3 Å². The van der Waals surface area contributed by atoms with Crippen LogP contribution < -0.4 is 4.90 Å². The summed E-state index contributed by atoms with van der Waals surface area (Å²) < 4.78 is 0. The average Bonchev–Trinajstić information content (AvgIpc) is 2.73. The smallest absolute Gasteiger partial charge is 0.185 e. The first-order valence-corrected chi connectivity index (χ1v) is 7.10. The van der Waals surface area contributed by atoms with Gasteiger partial charge < -0.3 is 10.0 Å². The van der Waals surface area contributed by atoms with Crippen LogP contribution in [0.1, 0.15) is 19.0 Å². The molecular weight excluding hydrogens is 234 g/mol. The molecule has 0 aliphatic carbocycles. The molecule has 1 N–H and O–H groups in total. The minimum absolute atomic E-state index is 0.292. The van der Waals surface area contributed by atoms with E-state index in [1.165, 1.54) is 0 Å². The number of thiazole rings is 1. The topological polar surface area (TPSA) is 39.6 Å². The highest BCUT2D eigenvalue weighted by Gasteiger charge is 2.24. The van der Waals surface area contributed by atoms with Crippen LogP contribution in [0, 0.1) is 6.92 Å². The van der Waals surface area contributed by atoms with Crippen molar-refractivity contribution in [2.45, 2.75) is 26.3 Å². The van der Waals surface area contributed by atoms with Crippen molar-refractivity contribution in [3.8, 4) is 0 Å². The second kappa shape index (κ2) is 5.80. The minimum Gasteiger partial charge on any atom is -0.396 e. The first-order valence-electron chi connectivity index (χ1n) is 6.22. The number of hydrogen-bond donors (Lipinski definition) is 1. The van der Waals surface area contributed by atoms with Gasteiger partial charge in [-0.1, -0.05) is 0 Å². The molecule has 1 aromatic rings. The first-order chi connectivity index (χ1) is 8.20.